The average molecular weight is 228 g/mol. The van der Waals surface area contributed by atoms with Crippen molar-refractivity contribution in [1.82, 2.24) is 4.98 Å². The molecule has 5 nitrogen and oxygen atoms in total. The predicted octanol–water partition coefficient (Wildman–Crippen LogP) is 1.60. The first kappa shape index (κ1) is 11.8. The molecule has 7 heteroatoms. The van der Waals surface area contributed by atoms with Gasteiger partial charge in [0.1, 0.15) is 17.3 Å². The van der Waals surface area contributed by atoms with Crippen LogP contribution in [0.15, 0.2) is 6.07 Å². The van der Waals surface area contributed by atoms with Crippen molar-refractivity contribution < 1.29 is 23.4 Å². The molecule has 1 aromatic rings. The van der Waals surface area contributed by atoms with E-state index < -0.39 is 29.2 Å². The number of aromatic nitrogens is 1. The van der Waals surface area contributed by atoms with Crippen LogP contribution >= 0.6 is 0 Å². The molecular weight excluding hydrogens is 222 g/mol. The molecular formula is C9H6F2N2O3. The van der Waals surface area contributed by atoms with E-state index in [0.717, 1.165) is 6.07 Å². The number of alkyl halides is 2. The summed E-state index contributed by atoms with van der Waals surface area (Å²) in [5.74, 6) is -1.85. The van der Waals surface area contributed by atoms with Crippen LogP contribution in [0, 0.1) is 11.3 Å². The average Bonchev–Trinajstić information content (AvgIpc) is 2.26. The second kappa shape index (κ2) is 4.53. The van der Waals surface area contributed by atoms with Crippen LogP contribution in [0.25, 0.3) is 0 Å². The maximum atomic E-state index is 12.5. The first-order chi connectivity index (χ1) is 7.51. The molecule has 0 atom stereocenters. The SMILES string of the molecule is COc1cc(C#N)c(C(=O)O)c(C(F)F)n1. The predicted molar refractivity (Wildman–Crippen MR) is 47.4 cm³/mol. The topological polar surface area (TPSA) is 83.2 Å². The number of nitrogens with zero attached hydrogens (tertiary/aromatic N) is 2. The molecule has 0 fully saturated rings. The Kier molecular flexibility index (Phi) is 3.35. The lowest BCUT2D eigenvalue weighted by atomic mass is 10.1. The normalized spacial score (nSPS) is 9.94. The summed E-state index contributed by atoms with van der Waals surface area (Å²) in [5.41, 5.74) is -2.17. The van der Waals surface area contributed by atoms with Gasteiger partial charge >= 0.3 is 5.97 Å². The third kappa shape index (κ3) is 2.06. The lowest BCUT2D eigenvalue weighted by Gasteiger charge is -2.08. The van der Waals surface area contributed by atoms with Crippen molar-refractivity contribution in [3.63, 3.8) is 0 Å². The van der Waals surface area contributed by atoms with Crippen molar-refractivity contribution in [3.8, 4) is 11.9 Å². The summed E-state index contributed by atoms with van der Waals surface area (Å²) in [5, 5.41) is 17.4. The van der Waals surface area contributed by atoms with E-state index in [1.165, 1.54) is 13.2 Å². The van der Waals surface area contributed by atoms with E-state index in [4.69, 9.17) is 10.4 Å². The van der Waals surface area contributed by atoms with Gasteiger partial charge in [-0.25, -0.2) is 18.6 Å². The molecule has 0 aliphatic carbocycles. The van der Waals surface area contributed by atoms with Gasteiger partial charge < -0.3 is 9.84 Å². The lowest BCUT2D eigenvalue weighted by Crippen LogP contribution is -2.09. The fourth-order valence-corrected chi connectivity index (χ4v) is 1.12. The number of methoxy groups -OCH3 is 1. The highest BCUT2D eigenvalue weighted by molar-refractivity contribution is 5.92. The number of hydrogen-bond acceptors (Lipinski definition) is 4. The van der Waals surface area contributed by atoms with Crippen molar-refractivity contribution in [2.75, 3.05) is 7.11 Å². The van der Waals surface area contributed by atoms with Gasteiger partial charge in [-0.3, -0.25) is 0 Å². The number of ether oxygens (including phenoxy) is 1. The Labute approximate surface area is 88.9 Å². The third-order valence-electron chi connectivity index (χ3n) is 1.77. The second-order valence-electron chi connectivity index (χ2n) is 2.69. The van der Waals surface area contributed by atoms with Crippen molar-refractivity contribution >= 4 is 5.97 Å². The van der Waals surface area contributed by atoms with Crippen LogP contribution < -0.4 is 4.74 Å². The van der Waals surface area contributed by atoms with E-state index in [1.54, 1.807) is 0 Å². The lowest BCUT2D eigenvalue weighted by molar-refractivity contribution is 0.0681. The van der Waals surface area contributed by atoms with Crippen LogP contribution in [0.5, 0.6) is 5.88 Å². The fraction of sp³-hybridized carbons (Fsp3) is 0.222. The van der Waals surface area contributed by atoms with Gasteiger partial charge in [0.15, 0.2) is 0 Å². The van der Waals surface area contributed by atoms with Crippen LogP contribution in [0.2, 0.25) is 0 Å². The van der Waals surface area contributed by atoms with Crippen molar-refractivity contribution in [3.05, 3.63) is 22.9 Å². The highest BCUT2D eigenvalue weighted by Gasteiger charge is 2.25. The smallest absolute Gasteiger partial charge is 0.339 e. The summed E-state index contributed by atoms with van der Waals surface area (Å²) in [6.07, 6.45) is -3.09. The summed E-state index contributed by atoms with van der Waals surface area (Å²) in [6.45, 7) is 0. The van der Waals surface area contributed by atoms with Crippen molar-refractivity contribution in [2.24, 2.45) is 0 Å². The molecule has 0 amide bonds. The molecule has 0 bridgehead atoms. The van der Waals surface area contributed by atoms with Gasteiger partial charge in [0.2, 0.25) is 5.88 Å². The fourth-order valence-electron chi connectivity index (χ4n) is 1.12. The van der Waals surface area contributed by atoms with Crippen LogP contribution in [0.3, 0.4) is 0 Å². The summed E-state index contributed by atoms with van der Waals surface area (Å²) < 4.78 is 29.7. The maximum absolute atomic E-state index is 12.5. The highest BCUT2D eigenvalue weighted by atomic mass is 19.3. The molecule has 1 heterocycles. The maximum Gasteiger partial charge on any atom is 0.339 e. The van der Waals surface area contributed by atoms with E-state index in [1.807, 2.05) is 0 Å². The number of carboxylic acids is 1. The van der Waals surface area contributed by atoms with Crippen LogP contribution in [-0.4, -0.2) is 23.2 Å². The van der Waals surface area contributed by atoms with Crippen LogP contribution in [0.1, 0.15) is 28.0 Å². The quantitative estimate of drug-likeness (QED) is 0.849. The van der Waals surface area contributed by atoms with Gasteiger partial charge in [0.05, 0.1) is 12.7 Å². The molecule has 0 aromatic carbocycles. The van der Waals surface area contributed by atoms with Crippen LogP contribution in [-0.2, 0) is 0 Å². The zero-order valence-electron chi connectivity index (χ0n) is 8.07. The van der Waals surface area contributed by atoms with E-state index in [-0.39, 0.29) is 5.88 Å². The summed E-state index contributed by atoms with van der Waals surface area (Å²) in [4.78, 5) is 14.1. The zero-order valence-corrected chi connectivity index (χ0v) is 8.07. The zero-order chi connectivity index (χ0) is 12.3. The van der Waals surface area contributed by atoms with Gasteiger partial charge in [-0.2, -0.15) is 5.26 Å². The van der Waals surface area contributed by atoms with E-state index in [2.05, 4.69) is 9.72 Å². The number of hydrogen-bond donors (Lipinski definition) is 1. The minimum absolute atomic E-state index is 0.225. The Morgan fingerprint density at radius 3 is 2.69 bits per heavy atom. The third-order valence-corrected chi connectivity index (χ3v) is 1.77. The molecule has 0 aliphatic heterocycles. The Balaban J connectivity index is 3.55. The molecule has 0 aliphatic rings. The molecule has 16 heavy (non-hydrogen) atoms. The first-order valence-electron chi connectivity index (χ1n) is 4.01. The van der Waals surface area contributed by atoms with Gasteiger partial charge in [-0.15, -0.1) is 0 Å². The Morgan fingerprint density at radius 1 is 1.69 bits per heavy atom. The number of carboxylic acid groups (broad SMARTS) is 1. The number of nitriles is 1. The van der Waals surface area contributed by atoms with Crippen molar-refractivity contribution in [2.45, 2.75) is 6.43 Å². The van der Waals surface area contributed by atoms with E-state index in [0.29, 0.717) is 0 Å². The summed E-state index contributed by atoms with van der Waals surface area (Å²) in [7, 11) is 1.18. The van der Waals surface area contributed by atoms with Crippen LogP contribution in [0.4, 0.5) is 8.78 Å². The molecule has 1 aromatic heterocycles. The largest absolute Gasteiger partial charge is 0.481 e. The first-order valence-corrected chi connectivity index (χ1v) is 4.01. The molecule has 1 rings (SSSR count). The van der Waals surface area contributed by atoms with E-state index >= 15 is 0 Å². The second-order valence-corrected chi connectivity index (χ2v) is 2.69. The van der Waals surface area contributed by atoms with Gasteiger partial charge in [0, 0.05) is 6.07 Å². The number of carbonyl (C=O) groups is 1. The highest BCUT2D eigenvalue weighted by Crippen LogP contribution is 2.26. The van der Waals surface area contributed by atoms with Gasteiger partial charge in [-0.1, -0.05) is 0 Å². The number of aromatic carboxylic acids is 1. The molecule has 0 unspecified atom stereocenters. The Hall–Kier alpha value is -2.23. The van der Waals surface area contributed by atoms with Gasteiger partial charge in [-0.05, 0) is 0 Å². The molecule has 0 spiro atoms. The standard InChI is InChI=1S/C9H6F2N2O3/c1-16-5-2-4(3-12)6(9(14)15)7(13-5)8(10)11/h2,8H,1H3,(H,14,15). The number of halogens is 2. The Bertz CT molecular complexity index is 469. The molecule has 0 saturated heterocycles. The summed E-state index contributed by atoms with van der Waals surface area (Å²) >= 11 is 0. The number of rotatable bonds is 3. The minimum atomic E-state index is -3.09. The molecule has 84 valence electrons. The van der Waals surface area contributed by atoms with E-state index in [9.17, 15) is 13.6 Å². The van der Waals surface area contributed by atoms with Crippen molar-refractivity contribution in [1.29, 1.82) is 5.26 Å². The minimum Gasteiger partial charge on any atom is -0.481 e. The van der Waals surface area contributed by atoms with Gasteiger partial charge in [0.25, 0.3) is 6.43 Å². The molecule has 0 radical (unpaired) electrons. The monoisotopic (exact) mass is 228 g/mol. The molecule has 1 N–H and O–H groups in total. The molecule has 0 saturated carbocycles. The number of pyridine rings is 1. The summed E-state index contributed by atoms with van der Waals surface area (Å²) in [6, 6.07) is 2.51. The Morgan fingerprint density at radius 2 is 2.31 bits per heavy atom.